The Kier molecular flexibility index (Phi) is 3.15. The number of ether oxygens (including phenoxy) is 2. The predicted octanol–water partition coefficient (Wildman–Crippen LogP) is 2.04. The largest absolute Gasteiger partial charge is 0.493 e. The van der Waals surface area contributed by atoms with Crippen LogP contribution in [0.4, 0.5) is 0 Å². The number of allylic oxidation sites excluding steroid dienone is 5. The molecule has 23 heavy (non-hydrogen) atoms. The van der Waals surface area contributed by atoms with E-state index in [9.17, 15) is 0 Å². The van der Waals surface area contributed by atoms with Gasteiger partial charge in [-0.25, -0.2) is 0 Å². The van der Waals surface area contributed by atoms with Crippen LogP contribution in [0.2, 0.25) is 0 Å². The second-order valence-corrected chi connectivity index (χ2v) is 5.88. The number of benzene rings is 1. The van der Waals surface area contributed by atoms with Crippen LogP contribution in [0.1, 0.15) is 0 Å². The lowest BCUT2D eigenvalue weighted by Crippen LogP contribution is -2.37. The van der Waals surface area contributed by atoms with Gasteiger partial charge in [0.25, 0.3) is 0 Å². The molecule has 2 aliphatic carbocycles. The number of methoxy groups -OCH3 is 2. The van der Waals surface area contributed by atoms with Crippen molar-refractivity contribution in [1.29, 1.82) is 0 Å². The number of fused-ring (bicyclic) bond motifs is 3. The first kappa shape index (κ1) is 13.9. The Morgan fingerprint density at radius 2 is 1.83 bits per heavy atom. The van der Waals surface area contributed by atoms with Gasteiger partial charge in [-0.15, -0.1) is 0 Å². The van der Waals surface area contributed by atoms with Crippen LogP contribution < -0.4 is 10.4 Å². The summed E-state index contributed by atoms with van der Waals surface area (Å²) in [6.07, 6.45) is 10.9. The van der Waals surface area contributed by atoms with Crippen molar-refractivity contribution in [3.8, 4) is 0 Å². The third-order valence-electron chi connectivity index (χ3n) is 4.59. The number of hydrogen-bond acceptors (Lipinski definition) is 3. The second-order valence-electron chi connectivity index (χ2n) is 5.88. The van der Waals surface area contributed by atoms with Crippen LogP contribution in [0, 0.1) is 5.92 Å². The van der Waals surface area contributed by atoms with E-state index >= 15 is 0 Å². The smallest absolute Gasteiger partial charge is 0.160 e. The monoisotopic (exact) mass is 305 g/mol. The van der Waals surface area contributed by atoms with E-state index in [2.05, 4.69) is 66.7 Å². The highest BCUT2D eigenvalue weighted by Gasteiger charge is 2.28. The fraction of sp³-hybridized carbons (Fsp3) is 0.200. The van der Waals surface area contributed by atoms with E-state index in [4.69, 9.17) is 9.47 Å². The van der Waals surface area contributed by atoms with Crippen molar-refractivity contribution in [1.82, 2.24) is 4.90 Å². The molecule has 3 heteroatoms. The topological polar surface area (TPSA) is 21.7 Å². The number of nitrogens with zero attached hydrogens (tertiary/aromatic N) is 1. The molecule has 0 bridgehead atoms. The first-order chi connectivity index (χ1) is 11.2. The van der Waals surface area contributed by atoms with Gasteiger partial charge < -0.3 is 14.4 Å². The van der Waals surface area contributed by atoms with Gasteiger partial charge >= 0.3 is 0 Å². The number of rotatable bonds is 2. The van der Waals surface area contributed by atoms with Gasteiger partial charge in [-0.3, -0.25) is 0 Å². The summed E-state index contributed by atoms with van der Waals surface area (Å²) in [5.41, 5.74) is 3.74. The minimum atomic E-state index is 0.212. The third kappa shape index (κ3) is 2.04. The van der Waals surface area contributed by atoms with Crippen LogP contribution in [-0.4, -0.2) is 26.2 Å². The molecule has 3 nitrogen and oxygen atoms in total. The fourth-order valence-corrected chi connectivity index (χ4v) is 3.53. The molecule has 1 atom stereocenters. The van der Waals surface area contributed by atoms with Gasteiger partial charge in [-0.05, 0) is 28.2 Å². The van der Waals surface area contributed by atoms with Crippen molar-refractivity contribution in [2.24, 2.45) is 5.92 Å². The summed E-state index contributed by atoms with van der Waals surface area (Å²) >= 11 is 0. The minimum absolute atomic E-state index is 0.212. The van der Waals surface area contributed by atoms with Crippen molar-refractivity contribution >= 4 is 11.8 Å². The molecule has 0 saturated carbocycles. The first-order valence-electron chi connectivity index (χ1n) is 7.71. The Labute approximate surface area is 135 Å². The summed E-state index contributed by atoms with van der Waals surface area (Å²) in [4.78, 5) is 2.21. The van der Waals surface area contributed by atoms with Crippen molar-refractivity contribution in [2.45, 2.75) is 0 Å². The quantitative estimate of drug-likeness (QED) is 0.834. The highest BCUT2D eigenvalue weighted by Crippen LogP contribution is 2.38. The van der Waals surface area contributed by atoms with Gasteiger partial charge in [0.05, 0.1) is 19.9 Å². The SMILES string of the molecule is COC1=CC2=C3C(=c4ccccc4=CN3C)C=CC2C=C1OC. The standard InChI is InChI=1S/C20H19NO2/c1-21-12-14-6-4-5-7-15(14)16-9-8-13-10-18(22-2)19(23-3)11-17(13)20(16)21/h4-13H,1-3H3. The van der Waals surface area contributed by atoms with Crippen molar-refractivity contribution in [2.75, 3.05) is 21.3 Å². The van der Waals surface area contributed by atoms with Gasteiger partial charge in [0.2, 0.25) is 0 Å². The van der Waals surface area contributed by atoms with E-state index in [0.717, 1.165) is 11.5 Å². The molecule has 116 valence electrons. The molecule has 1 aliphatic heterocycles. The number of hydrogen-bond donors (Lipinski definition) is 0. The molecule has 4 rings (SSSR count). The molecule has 1 aromatic carbocycles. The summed E-state index contributed by atoms with van der Waals surface area (Å²) in [6.45, 7) is 0. The van der Waals surface area contributed by atoms with Crippen LogP contribution >= 0.6 is 0 Å². The molecule has 3 aliphatic rings. The fourth-order valence-electron chi connectivity index (χ4n) is 3.53. The molecule has 0 fully saturated rings. The van der Waals surface area contributed by atoms with E-state index < -0.39 is 0 Å². The highest BCUT2D eigenvalue weighted by molar-refractivity contribution is 5.80. The second kappa shape index (κ2) is 5.20. The van der Waals surface area contributed by atoms with Crippen molar-refractivity contribution in [3.05, 3.63) is 81.8 Å². The Morgan fingerprint density at radius 1 is 1.04 bits per heavy atom. The normalized spacial score (nSPS) is 21.6. The lowest BCUT2D eigenvalue weighted by Gasteiger charge is -2.33. The van der Waals surface area contributed by atoms with Crippen LogP contribution in [0.5, 0.6) is 0 Å². The molecule has 1 aromatic rings. The molecule has 0 amide bonds. The van der Waals surface area contributed by atoms with E-state index in [1.54, 1.807) is 14.2 Å². The summed E-state index contributed by atoms with van der Waals surface area (Å²) in [5, 5.41) is 2.52. The maximum Gasteiger partial charge on any atom is 0.160 e. The van der Waals surface area contributed by atoms with Crippen LogP contribution in [0.15, 0.2) is 71.4 Å². The summed E-state index contributed by atoms with van der Waals surface area (Å²) < 4.78 is 10.9. The summed E-state index contributed by atoms with van der Waals surface area (Å²) in [5.74, 6) is 1.77. The highest BCUT2D eigenvalue weighted by atomic mass is 16.5. The lowest BCUT2D eigenvalue weighted by molar-refractivity contribution is 0.216. The lowest BCUT2D eigenvalue weighted by atomic mass is 9.83. The van der Waals surface area contributed by atoms with E-state index in [-0.39, 0.29) is 5.92 Å². The summed E-state index contributed by atoms with van der Waals surface area (Å²) in [6, 6.07) is 8.50. The van der Waals surface area contributed by atoms with Gasteiger partial charge in [-0.1, -0.05) is 36.4 Å². The molecule has 0 radical (unpaired) electrons. The van der Waals surface area contributed by atoms with Gasteiger partial charge in [0, 0.05) is 24.7 Å². The maximum atomic E-state index is 5.50. The minimum Gasteiger partial charge on any atom is -0.493 e. The van der Waals surface area contributed by atoms with Gasteiger partial charge in [0.1, 0.15) is 0 Å². The molecule has 1 unspecified atom stereocenters. The maximum absolute atomic E-state index is 5.50. The van der Waals surface area contributed by atoms with Crippen LogP contribution in [-0.2, 0) is 9.47 Å². The van der Waals surface area contributed by atoms with Crippen LogP contribution in [0.3, 0.4) is 0 Å². The van der Waals surface area contributed by atoms with E-state index in [1.165, 1.54) is 27.3 Å². The molecular weight excluding hydrogens is 286 g/mol. The van der Waals surface area contributed by atoms with E-state index in [1.807, 2.05) is 0 Å². The molecule has 0 aromatic heterocycles. The van der Waals surface area contributed by atoms with Crippen molar-refractivity contribution in [3.63, 3.8) is 0 Å². The molecule has 1 heterocycles. The average Bonchev–Trinajstić information content (AvgIpc) is 2.59. The van der Waals surface area contributed by atoms with Gasteiger partial charge in [0.15, 0.2) is 11.5 Å². The molecule has 0 spiro atoms. The first-order valence-corrected chi connectivity index (χ1v) is 7.71. The zero-order valence-electron chi connectivity index (χ0n) is 13.5. The van der Waals surface area contributed by atoms with E-state index in [0.29, 0.717) is 0 Å². The predicted molar refractivity (Wildman–Crippen MR) is 91.2 cm³/mol. The van der Waals surface area contributed by atoms with Gasteiger partial charge in [-0.2, -0.15) is 0 Å². The summed E-state index contributed by atoms with van der Waals surface area (Å²) in [7, 11) is 5.46. The Balaban J connectivity index is 2.00. The zero-order chi connectivity index (χ0) is 16.0. The zero-order valence-corrected chi connectivity index (χ0v) is 13.5. The molecular formula is C20H19NO2. The average molecular weight is 305 g/mol. The van der Waals surface area contributed by atoms with Crippen LogP contribution in [0.25, 0.3) is 11.8 Å². The molecule has 0 N–H and O–H groups in total. The third-order valence-corrected chi connectivity index (χ3v) is 4.59. The van der Waals surface area contributed by atoms with Crippen molar-refractivity contribution < 1.29 is 9.47 Å². The Hall–Kier alpha value is -2.68. The Bertz CT molecular complexity index is 915. The Morgan fingerprint density at radius 3 is 2.61 bits per heavy atom. The molecule has 0 saturated heterocycles.